The number of aliphatic hydroxyl groups excluding tert-OH is 1. The third-order valence-corrected chi connectivity index (χ3v) is 2.25. The third kappa shape index (κ3) is 4.75. The zero-order valence-electron chi connectivity index (χ0n) is 9.10. The van der Waals surface area contributed by atoms with E-state index in [1.54, 1.807) is 6.08 Å². The number of carboxylic acid groups (broad SMARTS) is 1. The lowest BCUT2D eigenvalue weighted by atomic mass is 10.1. The molecule has 0 saturated carbocycles. The Balaban J connectivity index is 2.45. The molecule has 86 valence electrons. The van der Waals surface area contributed by atoms with Crippen molar-refractivity contribution in [2.24, 2.45) is 0 Å². The van der Waals surface area contributed by atoms with Crippen LogP contribution in [0.2, 0.25) is 0 Å². The van der Waals surface area contributed by atoms with Gasteiger partial charge in [0.2, 0.25) is 0 Å². The van der Waals surface area contributed by atoms with Gasteiger partial charge in [-0.2, -0.15) is 0 Å². The molecule has 0 unspecified atom stereocenters. The van der Waals surface area contributed by atoms with Crippen LogP contribution in [0, 0.1) is 0 Å². The van der Waals surface area contributed by atoms with E-state index in [9.17, 15) is 4.79 Å². The largest absolute Gasteiger partial charge is 0.481 e. The van der Waals surface area contributed by atoms with Gasteiger partial charge in [0, 0.05) is 6.42 Å². The van der Waals surface area contributed by atoms with E-state index < -0.39 is 5.97 Å². The number of hydrogen-bond donors (Lipinski definition) is 2. The lowest BCUT2D eigenvalue weighted by molar-refractivity contribution is -0.137. The van der Waals surface area contributed by atoms with Crippen molar-refractivity contribution in [3.05, 3.63) is 41.5 Å². The summed E-state index contributed by atoms with van der Waals surface area (Å²) in [6, 6.07) is 7.89. The number of carboxylic acids is 1. The Morgan fingerprint density at radius 2 is 1.94 bits per heavy atom. The van der Waals surface area contributed by atoms with Gasteiger partial charge in [-0.15, -0.1) is 0 Å². The predicted molar refractivity (Wildman–Crippen MR) is 63.1 cm³/mol. The molecule has 0 radical (unpaired) electrons. The van der Waals surface area contributed by atoms with Crippen molar-refractivity contribution in [3.63, 3.8) is 0 Å². The molecule has 2 N–H and O–H groups in total. The Labute approximate surface area is 95.0 Å². The van der Waals surface area contributed by atoms with Gasteiger partial charge in [-0.3, -0.25) is 4.79 Å². The van der Waals surface area contributed by atoms with Crippen LogP contribution in [0.3, 0.4) is 0 Å². The molecule has 3 heteroatoms. The van der Waals surface area contributed by atoms with Crippen molar-refractivity contribution in [3.8, 4) is 0 Å². The van der Waals surface area contributed by atoms with Crippen LogP contribution < -0.4 is 0 Å². The van der Waals surface area contributed by atoms with Crippen molar-refractivity contribution >= 4 is 12.0 Å². The van der Waals surface area contributed by atoms with Crippen molar-refractivity contribution in [1.29, 1.82) is 0 Å². The molecule has 0 heterocycles. The number of hydrogen-bond acceptors (Lipinski definition) is 2. The third-order valence-electron chi connectivity index (χ3n) is 2.25. The fourth-order valence-electron chi connectivity index (χ4n) is 1.43. The SMILES string of the molecule is O=C(O)CCCc1ccc(C=CCO)cc1. The van der Waals surface area contributed by atoms with E-state index in [-0.39, 0.29) is 13.0 Å². The Bertz CT molecular complexity index is 352. The normalized spacial score (nSPS) is 10.8. The molecule has 0 saturated heterocycles. The molecule has 0 aromatic heterocycles. The molecule has 3 nitrogen and oxygen atoms in total. The minimum absolute atomic E-state index is 0.0420. The summed E-state index contributed by atoms with van der Waals surface area (Å²) in [7, 11) is 0. The number of aliphatic carboxylic acids is 1. The molecule has 0 bridgehead atoms. The van der Waals surface area contributed by atoms with E-state index in [2.05, 4.69) is 0 Å². The molecule has 0 aliphatic carbocycles. The van der Waals surface area contributed by atoms with Crippen molar-refractivity contribution in [2.75, 3.05) is 6.61 Å². The summed E-state index contributed by atoms with van der Waals surface area (Å²) >= 11 is 0. The number of carbonyl (C=O) groups is 1. The van der Waals surface area contributed by atoms with Crippen molar-refractivity contribution in [2.45, 2.75) is 19.3 Å². The highest BCUT2D eigenvalue weighted by Crippen LogP contribution is 2.09. The molecule has 0 atom stereocenters. The number of rotatable bonds is 6. The maximum atomic E-state index is 10.3. The van der Waals surface area contributed by atoms with E-state index in [4.69, 9.17) is 10.2 Å². The fraction of sp³-hybridized carbons (Fsp3) is 0.308. The Morgan fingerprint density at radius 1 is 1.25 bits per heavy atom. The lowest BCUT2D eigenvalue weighted by Gasteiger charge is -2.00. The van der Waals surface area contributed by atoms with Crippen LogP contribution in [0.4, 0.5) is 0 Å². The van der Waals surface area contributed by atoms with Crippen LogP contribution in [0.1, 0.15) is 24.0 Å². The van der Waals surface area contributed by atoms with E-state index in [0.29, 0.717) is 6.42 Å². The summed E-state index contributed by atoms with van der Waals surface area (Å²) in [5, 5.41) is 17.1. The smallest absolute Gasteiger partial charge is 0.303 e. The zero-order valence-corrected chi connectivity index (χ0v) is 9.10. The molecule has 1 aromatic carbocycles. The van der Waals surface area contributed by atoms with Crippen LogP contribution in [-0.4, -0.2) is 22.8 Å². The zero-order chi connectivity index (χ0) is 11.8. The number of aliphatic hydroxyl groups is 1. The highest BCUT2D eigenvalue weighted by Gasteiger charge is 1.98. The van der Waals surface area contributed by atoms with Crippen molar-refractivity contribution < 1.29 is 15.0 Å². The molecular weight excluding hydrogens is 204 g/mol. The molecule has 0 spiro atoms. The molecule has 16 heavy (non-hydrogen) atoms. The second kappa shape index (κ2) is 6.80. The maximum absolute atomic E-state index is 10.3. The van der Waals surface area contributed by atoms with Gasteiger partial charge < -0.3 is 10.2 Å². The Morgan fingerprint density at radius 3 is 2.50 bits per heavy atom. The molecule has 1 rings (SSSR count). The van der Waals surface area contributed by atoms with Gasteiger partial charge in [-0.25, -0.2) is 0 Å². The highest BCUT2D eigenvalue weighted by molar-refractivity contribution is 5.66. The van der Waals surface area contributed by atoms with Crippen LogP contribution in [0.5, 0.6) is 0 Å². The minimum atomic E-state index is -0.748. The van der Waals surface area contributed by atoms with Gasteiger partial charge in [0.25, 0.3) is 0 Å². The second-order valence-electron chi connectivity index (χ2n) is 3.57. The predicted octanol–water partition coefficient (Wildman–Crippen LogP) is 2.10. The molecule has 1 aromatic rings. The molecular formula is C13H16O3. The first kappa shape index (κ1) is 12.5. The minimum Gasteiger partial charge on any atom is -0.481 e. The van der Waals surface area contributed by atoms with E-state index in [0.717, 1.165) is 17.5 Å². The number of benzene rings is 1. The summed E-state index contributed by atoms with van der Waals surface area (Å²) in [5.41, 5.74) is 2.18. The molecule has 0 amide bonds. The Hall–Kier alpha value is -1.61. The number of aryl methyl sites for hydroxylation is 1. The van der Waals surface area contributed by atoms with Gasteiger partial charge >= 0.3 is 5.97 Å². The molecule has 0 fully saturated rings. The van der Waals surface area contributed by atoms with Crippen molar-refractivity contribution in [1.82, 2.24) is 0 Å². The average molecular weight is 220 g/mol. The van der Waals surface area contributed by atoms with Crippen LogP contribution in [0.15, 0.2) is 30.3 Å². The van der Waals surface area contributed by atoms with Gasteiger partial charge in [0.15, 0.2) is 0 Å². The maximum Gasteiger partial charge on any atom is 0.303 e. The first-order valence-electron chi connectivity index (χ1n) is 5.30. The molecule has 0 aliphatic heterocycles. The van der Waals surface area contributed by atoms with Crippen LogP contribution in [0.25, 0.3) is 6.08 Å². The van der Waals surface area contributed by atoms with E-state index in [1.807, 2.05) is 30.3 Å². The summed E-state index contributed by atoms with van der Waals surface area (Å²) in [4.78, 5) is 10.3. The quantitative estimate of drug-likeness (QED) is 0.771. The average Bonchev–Trinajstić information content (AvgIpc) is 2.27. The van der Waals surface area contributed by atoms with E-state index >= 15 is 0 Å². The fourth-order valence-corrected chi connectivity index (χ4v) is 1.43. The standard InChI is InChI=1S/C13H16O3/c14-10-2-4-12-8-6-11(7-9-12)3-1-5-13(15)16/h2,4,6-9,14H,1,3,5,10H2,(H,15,16). The summed E-state index contributed by atoms with van der Waals surface area (Å²) in [6.07, 6.45) is 5.20. The summed E-state index contributed by atoms with van der Waals surface area (Å²) in [6.45, 7) is 0.0420. The topological polar surface area (TPSA) is 57.5 Å². The van der Waals surface area contributed by atoms with Gasteiger partial charge in [-0.1, -0.05) is 36.4 Å². The van der Waals surface area contributed by atoms with Gasteiger partial charge in [-0.05, 0) is 24.0 Å². The molecule has 0 aliphatic rings. The first-order chi connectivity index (χ1) is 7.72. The summed E-state index contributed by atoms with van der Waals surface area (Å²) in [5.74, 6) is -0.748. The van der Waals surface area contributed by atoms with Gasteiger partial charge in [0.1, 0.15) is 0 Å². The summed E-state index contributed by atoms with van der Waals surface area (Å²) < 4.78 is 0. The van der Waals surface area contributed by atoms with Gasteiger partial charge in [0.05, 0.1) is 6.61 Å². The second-order valence-corrected chi connectivity index (χ2v) is 3.57. The lowest BCUT2D eigenvalue weighted by Crippen LogP contribution is -1.95. The van der Waals surface area contributed by atoms with E-state index in [1.165, 1.54) is 0 Å². The monoisotopic (exact) mass is 220 g/mol. The Kier molecular flexibility index (Phi) is 5.29. The first-order valence-corrected chi connectivity index (χ1v) is 5.30. The van der Waals surface area contributed by atoms with Crippen LogP contribution >= 0.6 is 0 Å². The highest BCUT2D eigenvalue weighted by atomic mass is 16.4. The van der Waals surface area contributed by atoms with Crippen LogP contribution in [-0.2, 0) is 11.2 Å².